The van der Waals surface area contributed by atoms with E-state index < -0.39 is 0 Å². The Labute approximate surface area is 151 Å². The smallest absolute Gasteiger partial charge is 0.119 e. The summed E-state index contributed by atoms with van der Waals surface area (Å²) in [7, 11) is 1.71. The molecule has 0 saturated carbocycles. The summed E-state index contributed by atoms with van der Waals surface area (Å²) < 4.78 is 5.35. The van der Waals surface area contributed by atoms with Gasteiger partial charge in [0.25, 0.3) is 0 Å². The molecule has 0 spiro atoms. The number of rotatable bonds is 3. The summed E-state index contributed by atoms with van der Waals surface area (Å²) in [4.78, 5) is 9.65. The molecule has 2 saturated heterocycles. The Morgan fingerprint density at radius 2 is 1.96 bits per heavy atom. The second kappa shape index (κ2) is 7.87. The molecule has 2 aromatic rings. The van der Waals surface area contributed by atoms with E-state index in [1.54, 1.807) is 7.11 Å². The van der Waals surface area contributed by atoms with Crippen LogP contribution in [0.2, 0.25) is 0 Å². The number of ether oxygens (including phenoxy) is 1. The normalized spacial score (nSPS) is 22.7. The first kappa shape index (κ1) is 17.7. The van der Waals surface area contributed by atoms with Crippen molar-refractivity contribution in [2.45, 2.75) is 20.3 Å². The lowest BCUT2D eigenvalue weighted by Crippen LogP contribution is -2.35. The standard InChI is InChI=1S/C20H25N3O.CH4/c1-24-20-6-2-5-17(11-20)18-10-19(13-21-12-18)23-9-8-22-7-3-4-16(14-22)15-23;/h2,5-6,10-13,16H,3-4,7-9,14-15H2,1H3;1H4. The molecule has 1 aromatic carbocycles. The highest BCUT2D eigenvalue weighted by atomic mass is 16.5. The summed E-state index contributed by atoms with van der Waals surface area (Å²) in [6.45, 7) is 5.95. The van der Waals surface area contributed by atoms with Crippen LogP contribution in [0.3, 0.4) is 0 Å². The Kier molecular flexibility index (Phi) is 5.59. The van der Waals surface area contributed by atoms with Crippen LogP contribution in [0.1, 0.15) is 20.3 Å². The van der Waals surface area contributed by atoms with Crippen molar-refractivity contribution in [2.24, 2.45) is 5.92 Å². The highest BCUT2D eigenvalue weighted by molar-refractivity contribution is 5.68. The quantitative estimate of drug-likeness (QED) is 0.847. The van der Waals surface area contributed by atoms with Crippen LogP contribution in [0.15, 0.2) is 42.7 Å². The van der Waals surface area contributed by atoms with Crippen molar-refractivity contribution >= 4 is 5.69 Å². The topological polar surface area (TPSA) is 28.6 Å². The summed E-state index contributed by atoms with van der Waals surface area (Å²) in [6, 6.07) is 10.5. The van der Waals surface area contributed by atoms with Crippen LogP contribution in [0, 0.1) is 5.92 Å². The summed E-state index contributed by atoms with van der Waals surface area (Å²) in [5, 5.41) is 0. The minimum Gasteiger partial charge on any atom is -0.497 e. The van der Waals surface area contributed by atoms with Gasteiger partial charge in [-0.05, 0) is 49.1 Å². The van der Waals surface area contributed by atoms with E-state index in [1.165, 1.54) is 38.2 Å². The number of aromatic nitrogens is 1. The van der Waals surface area contributed by atoms with Crippen LogP contribution in [-0.4, -0.2) is 49.7 Å². The molecule has 0 N–H and O–H groups in total. The number of anilines is 1. The van der Waals surface area contributed by atoms with Gasteiger partial charge >= 0.3 is 0 Å². The molecule has 2 bridgehead atoms. The molecule has 2 aliphatic rings. The Bertz CT molecular complexity index is 703. The lowest BCUT2D eigenvalue weighted by Gasteiger charge is -2.29. The van der Waals surface area contributed by atoms with Crippen LogP contribution < -0.4 is 9.64 Å². The van der Waals surface area contributed by atoms with Gasteiger partial charge in [0.15, 0.2) is 0 Å². The zero-order chi connectivity index (χ0) is 16.4. The van der Waals surface area contributed by atoms with Gasteiger partial charge in [-0.2, -0.15) is 0 Å². The summed E-state index contributed by atoms with van der Waals surface area (Å²) in [6.07, 6.45) is 6.66. The van der Waals surface area contributed by atoms with Gasteiger partial charge in [0, 0.05) is 37.9 Å². The van der Waals surface area contributed by atoms with Gasteiger partial charge in [0.1, 0.15) is 5.75 Å². The van der Waals surface area contributed by atoms with Gasteiger partial charge < -0.3 is 14.5 Å². The highest BCUT2D eigenvalue weighted by Gasteiger charge is 2.26. The van der Waals surface area contributed by atoms with Gasteiger partial charge in [-0.1, -0.05) is 19.6 Å². The van der Waals surface area contributed by atoms with Crippen molar-refractivity contribution in [3.05, 3.63) is 42.7 Å². The molecule has 4 heteroatoms. The minimum atomic E-state index is 0. The number of benzene rings is 1. The van der Waals surface area contributed by atoms with Crippen molar-refractivity contribution in [1.82, 2.24) is 9.88 Å². The molecule has 2 unspecified atom stereocenters. The van der Waals surface area contributed by atoms with Gasteiger partial charge in [0.05, 0.1) is 19.0 Å². The van der Waals surface area contributed by atoms with Crippen molar-refractivity contribution in [2.75, 3.05) is 44.7 Å². The fourth-order valence-corrected chi connectivity index (χ4v) is 3.96. The van der Waals surface area contributed by atoms with Crippen LogP contribution in [0.5, 0.6) is 5.75 Å². The second-order valence-electron chi connectivity index (χ2n) is 6.92. The summed E-state index contributed by atoms with van der Waals surface area (Å²) >= 11 is 0. The van der Waals surface area contributed by atoms with Crippen LogP contribution >= 0.6 is 0 Å². The zero-order valence-electron chi connectivity index (χ0n) is 14.3. The van der Waals surface area contributed by atoms with E-state index in [0.29, 0.717) is 0 Å². The number of hydrogen-bond donors (Lipinski definition) is 0. The number of fused-ring (bicyclic) bond motifs is 2. The number of nitrogens with zero attached hydrogens (tertiary/aromatic N) is 3. The van der Waals surface area contributed by atoms with Gasteiger partial charge in [-0.15, -0.1) is 0 Å². The molecule has 2 fully saturated rings. The van der Waals surface area contributed by atoms with Gasteiger partial charge in [0.2, 0.25) is 0 Å². The maximum absolute atomic E-state index is 5.35. The Balaban J connectivity index is 0.00000182. The van der Waals surface area contributed by atoms with E-state index in [-0.39, 0.29) is 7.43 Å². The minimum absolute atomic E-state index is 0. The van der Waals surface area contributed by atoms with E-state index in [0.717, 1.165) is 35.9 Å². The predicted octanol–water partition coefficient (Wildman–Crippen LogP) is 3.93. The third-order valence-electron chi connectivity index (χ3n) is 5.26. The maximum atomic E-state index is 5.35. The van der Waals surface area contributed by atoms with Crippen molar-refractivity contribution in [3.63, 3.8) is 0 Å². The molecule has 2 atom stereocenters. The van der Waals surface area contributed by atoms with E-state index in [9.17, 15) is 0 Å². The molecule has 2 aliphatic heterocycles. The van der Waals surface area contributed by atoms with Crippen LogP contribution in [-0.2, 0) is 0 Å². The third kappa shape index (κ3) is 3.96. The lowest BCUT2D eigenvalue weighted by atomic mass is 9.98. The van der Waals surface area contributed by atoms with Gasteiger partial charge in [-0.25, -0.2) is 0 Å². The SMILES string of the molecule is C.COc1cccc(-c2cncc(N3CCN4CCCC(C4)C3)c2)c1. The maximum Gasteiger partial charge on any atom is 0.119 e. The molecular formula is C21H29N3O. The number of methoxy groups -OCH3 is 1. The van der Waals surface area contributed by atoms with E-state index in [1.807, 2.05) is 24.5 Å². The molecule has 3 heterocycles. The zero-order valence-corrected chi connectivity index (χ0v) is 14.3. The molecule has 0 aliphatic carbocycles. The molecule has 0 radical (unpaired) electrons. The Morgan fingerprint density at radius 1 is 1.04 bits per heavy atom. The van der Waals surface area contributed by atoms with E-state index in [4.69, 9.17) is 4.74 Å². The first-order valence-electron chi connectivity index (χ1n) is 8.88. The predicted molar refractivity (Wildman–Crippen MR) is 104 cm³/mol. The summed E-state index contributed by atoms with van der Waals surface area (Å²) in [5.41, 5.74) is 3.55. The molecule has 0 amide bonds. The average molecular weight is 339 g/mol. The van der Waals surface area contributed by atoms with Crippen LogP contribution in [0.4, 0.5) is 5.69 Å². The second-order valence-corrected chi connectivity index (χ2v) is 6.92. The molecule has 25 heavy (non-hydrogen) atoms. The Hall–Kier alpha value is -2.07. The molecule has 4 rings (SSSR count). The van der Waals surface area contributed by atoms with E-state index in [2.05, 4.69) is 33.0 Å². The monoisotopic (exact) mass is 339 g/mol. The average Bonchev–Trinajstić information content (AvgIpc) is 2.79. The fourth-order valence-electron chi connectivity index (χ4n) is 3.96. The van der Waals surface area contributed by atoms with Gasteiger partial charge in [-0.3, -0.25) is 4.98 Å². The van der Waals surface area contributed by atoms with Crippen molar-refractivity contribution in [3.8, 4) is 16.9 Å². The van der Waals surface area contributed by atoms with Crippen molar-refractivity contribution < 1.29 is 4.74 Å². The van der Waals surface area contributed by atoms with Crippen LogP contribution in [0.25, 0.3) is 11.1 Å². The molecule has 134 valence electrons. The number of pyridine rings is 1. The molecule has 1 aromatic heterocycles. The third-order valence-corrected chi connectivity index (χ3v) is 5.26. The number of piperidine rings is 1. The lowest BCUT2D eigenvalue weighted by molar-refractivity contribution is 0.201. The first-order chi connectivity index (χ1) is 11.8. The highest BCUT2D eigenvalue weighted by Crippen LogP contribution is 2.29. The first-order valence-corrected chi connectivity index (χ1v) is 8.88. The van der Waals surface area contributed by atoms with Crippen molar-refractivity contribution in [1.29, 1.82) is 0 Å². The fraction of sp³-hybridized carbons (Fsp3) is 0.476. The number of hydrogen-bond acceptors (Lipinski definition) is 4. The Morgan fingerprint density at radius 3 is 2.84 bits per heavy atom. The summed E-state index contributed by atoms with van der Waals surface area (Å²) in [5.74, 6) is 1.68. The molecule has 4 nitrogen and oxygen atoms in total. The van der Waals surface area contributed by atoms with E-state index >= 15 is 0 Å². The largest absolute Gasteiger partial charge is 0.497 e. The molecular weight excluding hydrogens is 310 g/mol.